The third kappa shape index (κ3) is 3.05. The molecule has 0 spiro atoms. The van der Waals surface area contributed by atoms with Crippen LogP contribution in [0.5, 0.6) is 0 Å². The van der Waals surface area contributed by atoms with E-state index in [2.05, 4.69) is 22.7 Å². The van der Waals surface area contributed by atoms with Crippen LogP contribution in [0.1, 0.15) is 28.5 Å². The quantitative estimate of drug-likeness (QED) is 0.876. The van der Waals surface area contributed by atoms with Gasteiger partial charge in [-0.25, -0.2) is 0 Å². The molecule has 0 radical (unpaired) electrons. The Balaban J connectivity index is 2.17. The average molecular weight is 272 g/mol. The highest BCUT2D eigenvalue weighted by Crippen LogP contribution is 2.17. The highest BCUT2D eigenvalue weighted by atomic mass is 16.1. The van der Waals surface area contributed by atoms with Gasteiger partial charge in [0.15, 0.2) is 0 Å². The predicted octanol–water partition coefficient (Wildman–Crippen LogP) is 2.09. The molecule has 0 bridgehead atoms. The van der Waals surface area contributed by atoms with Crippen molar-refractivity contribution in [2.24, 2.45) is 7.05 Å². The minimum absolute atomic E-state index is 0.125. The van der Waals surface area contributed by atoms with Gasteiger partial charge in [-0.2, -0.15) is 5.10 Å². The van der Waals surface area contributed by atoms with Gasteiger partial charge in [0, 0.05) is 25.0 Å². The number of aryl methyl sites for hydroxylation is 1. The van der Waals surface area contributed by atoms with Crippen molar-refractivity contribution in [3.8, 4) is 0 Å². The number of anilines is 1. The normalized spacial score (nSPS) is 10.6. The molecule has 0 unspecified atom stereocenters. The number of benzene rings is 1. The van der Waals surface area contributed by atoms with Crippen LogP contribution in [0.2, 0.25) is 0 Å². The Hall–Kier alpha value is -2.14. The fourth-order valence-corrected chi connectivity index (χ4v) is 1.97. The number of hydrogen-bond donors (Lipinski definition) is 2. The van der Waals surface area contributed by atoms with E-state index in [1.54, 1.807) is 10.9 Å². The predicted molar refractivity (Wildman–Crippen MR) is 79.7 cm³/mol. The molecule has 5 heteroatoms. The van der Waals surface area contributed by atoms with Crippen LogP contribution in [-0.2, 0) is 13.6 Å². The first-order valence-electron chi connectivity index (χ1n) is 6.72. The van der Waals surface area contributed by atoms with Gasteiger partial charge in [0.2, 0.25) is 0 Å². The summed E-state index contributed by atoms with van der Waals surface area (Å²) in [6.07, 6.45) is 1.59. The van der Waals surface area contributed by atoms with Gasteiger partial charge in [-0.3, -0.25) is 9.48 Å². The molecule has 2 aromatic rings. The van der Waals surface area contributed by atoms with E-state index < -0.39 is 0 Å². The number of nitrogens with one attached hydrogen (secondary N) is 2. The molecule has 1 amide bonds. The molecule has 0 atom stereocenters. The molecule has 0 aliphatic heterocycles. The molecule has 2 rings (SSSR count). The molecule has 1 aromatic heterocycles. The first-order valence-corrected chi connectivity index (χ1v) is 6.72. The Kier molecular flexibility index (Phi) is 4.53. The van der Waals surface area contributed by atoms with Gasteiger partial charge in [0.05, 0.1) is 11.8 Å². The van der Waals surface area contributed by atoms with Crippen LogP contribution in [0.4, 0.5) is 5.69 Å². The zero-order valence-electron chi connectivity index (χ0n) is 12.1. The standard InChI is InChI=1S/C15H20N4O/c1-4-16-9-12-7-5-6-8-14(12)18-15(20)13-10-17-19(3)11(13)2/h5-8,10,16H,4,9H2,1-3H3,(H,18,20). The first kappa shape index (κ1) is 14.3. The maximum absolute atomic E-state index is 12.3. The summed E-state index contributed by atoms with van der Waals surface area (Å²) in [7, 11) is 1.82. The lowest BCUT2D eigenvalue weighted by Crippen LogP contribution is -2.17. The van der Waals surface area contributed by atoms with Crippen molar-refractivity contribution in [2.45, 2.75) is 20.4 Å². The van der Waals surface area contributed by atoms with Gasteiger partial charge in [-0.05, 0) is 25.1 Å². The molecular formula is C15H20N4O. The van der Waals surface area contributed by atoms with Gasteiger partial charge >= 0.3 is 0 Å². The molecular weight excluding hydrogens is 252 g/mol. The Morgan fingerprint density at radius 1 is 1.35 bits per heavy atom. The number of carbonyl (C=O) groups excluding carboxylic acids is 1. The maximum Gasteiger partial charge on any atom is 0.259 e. The highest BCUT2D eigenvalue weighted by Gasteiger charge is 2.14. The third-order valence-electron chi connectivity index (χ3n) is 3.31. The van der Waals surface area contributed by atoms with Crippen molar-refractivity contribution in [1.29, 1.82) is 0 Å². The Morgan fingerprint density at radius 2 is 2.10 bits per heavy atom. The smallest absolute Gasteiger partial charge is 0.259 e. The van der Waals surface area contributed by atoms with Crippen LogP contribution in [0.3, 0.4) is 0 Å². The maximum atomic E-state index is 12.3. The lowest BCUT2D eigenvalue weighted by atomic mass is 10.1. The Morgan fingerprint density at radius 3 is 2.75 bits per heavy atom. The number of rotatable bonds is 5. The molecule has 0 saturated heterocycles. The number of aromatic nitrogens is 2. The monoisotopic (exact) mass is 272 g/mol. The van der Waals surface area contributed by atoms with Gasteiger partial charge in [0.25, 0.3) is 5.91 Å². The fourth-order valence-electron chi connectivity index (χ4n) is 1.97. The average Bonchev–Trinajstić information content (AvgIpc) is 2.78. The molecule has 1 aromatic carbocycles. The molecule has 2 N–H and O–H groups in total. The van der Waals surface area contributed by atoms with E-state index in [9.17, 15) is 4.79 Å². The van der Waals surface area contributed by atoms with Crippen LogP contribution in [0.25, 0.3) is 0 Å². The molecule has 0 aliphatic rings. The molecule has 20 heavy (non-hydrogen) atoms. The van der Waals surface area contributed by atoms with Crippen molar-refractivity contribution >= 4 is 11.6 Å². The number of para-hydroxylation sites is 1. The fraction of sp³-hybridized carbons (Fsp3) is 0.333. The van der Waals surface area contributed by atoms with E-state index in [0.717, 1.165) is 30.0 Å². The van der Waals surface area contributed by atoms with Crippen LogP contribution >= 0.6 is 0 Å². The molecule has 0 saturated carbocycles. The molecule has 0 fully saturated rings. The Labute approximate surface area is 119 Å². The summed E-state index contributed by atoms with van der Waals surface area (Å²) in [6, 6.07) is 7.81. The number of amides is 1. The highest BCUT2D eigenvalue weighted by molar-refractivity contribution is 6.05. The summed E-state index contributed by atoms with van der Waals surface area (Å²) in [5.41, 5.74) is 3.36. The summed E-state index contributed by atoms with van der Waals surface area (Å²) in [5, 5.41) is 10.3. The number of hydrogen-bond acceptors (Lipinski definition) is 3. The summed E-state index contributed by atoms with van der Waals surface area (Å²) in [6.45, 7) is 5.57. The third-order valence-corrected chi connectivity index (χ3v) is 3.31. The van der Waals surface area contributed by atoms with Crippen molar-refractivity contribution in [3.63, 3.8) is 0 Å². The van der Waals surface area contributed by atoms with Crippen molar-refractivity contribution in [2.75, 3.05) is 11.9 Å². The van der Waals surface area contributed by atoms with Gasteiger partial charge in [-0.15, -0.1) is 0 Å². The second-order valence-corrected chi connectivity index (χ2v) is 4.66. The van der Waals surface area contributed by atoms with E-state index in [1.165, 1.54) is 0 Å². The second kappa shape index (κ2) is 6.34. The molecule has 5 nitrogen and oxygen atoms in total. The summed E-state index contributed by atoms with van der Waals surface area (Å²) in [5.74, 6) is -0.125. The second-order valence-electron chi connectivity index (χ2n) is 4.66. The van der Waals surface area contributed by atoms with Crippen molar-refractivity contribution in [3.05, 3.63) is 47.3 Å². The number of carbonyl (C=O) groups is 1. The van der Waals surface area contributed by atoms with Crippen molar-refractivity contribution < 1.29 is 4.79 Å². The van der Waals surface area contributed by atoms with E-state index in [4.69, 9.17) is 0 Å². The van der Waals surface area contributed by atoms with Gasteiger partial charge < -0.3 is 10.6 Å². The summed E-state index contributed by atoms with van der Waals surface area (Å²) in [4.78, 5) is 12.3. The summed E-state index contributed by atoms with van der Waals surface area (Å²) < 4.78 is 1.69. The molecule has 1 heterocycles. The Bertz CT molecular complexity index is 604. The van der Waals surface area contributed by atoms with Crippen LogP contribution in [-0.4, -0.2) is 22.2 Å². The van der Waals surface area contributed by atoms with Crippen LogP contribution in [0, 0.1) is 6.92 Å². The minimum Gasteiger partial charge on any atom is -0.322 e. The lowest BCUT2D eigenvalue weighted by Gasteiger charge is -2.11. The molecule has 106 valence electrons. The van der Waals surface area contributed by atoms with E-state index >= 15 is 0 Å². The largest absolute Gasteiger partial charge is 0.322 e. The first-order chi connectivity index (χ1) is 9.63. The van der Waals surface area contributed by atoms with Crippen LogP contribution in [0.15, 0.2) is 30.5 Å². The summed E-state index contributed by atoms with van der Waals surface area (Å²) >= 11 is 0. The van der Waals surface area contributed by atoms with Crippen LogP contribution < -0.4 is 10.6 Å². The zero-order valence-corrected chi connectivity index (χ0v) is 12.1. The lowest BCUT2D eigenvalue weighted by molar-refractivity contribution is 0.102. The zero-order chi connectivity index (χ0) is 14.5. The topological polar surface area (TPSA) is 58.9 Å². The van der Waals surface area contributed by atoms with E-state index in [1.807, 2.05) is 38.2 Å². The number of nitrogens with zero attached hydrogens (tertiary/aromatic N) is 2. The minimum atomic E-state index is -0.125. The SMILES string of the molecule is CCNCc1ccccc1NC(=O)c1cnn(C)c1C. The van der Waals surface area contributed by atoms with Crippen molar-refractivity contribution in [1.82, 2.24) is 15.1 Å². The van der Waals surface area contributed by atoms with E-state index in [0.29, 0.717) is 5.56 Å². The molecule has 0 aliphatic carbocycles. The van der Waals surface area contributed by atoms with Gasteiger partial charge in [-0.1, -0.05) is 25.1 Å². The van der Waals surface area contributed by atoms with E-state index in [-0.39, 0.29) is 5.91 Å². The van der Waals surface area contributed by atoms with Gasteiger partial charge in [0.1, 0.15) is 0 Å².